The molecule has 0 unspecified atom stereocenters. The number of halogens is 1. The predicted octanol–water partition coefficient (Wildman–Crippen LogP) is 3.06. The van der Waals surface area contributed by atoms with Crippen molar-refractivity contribution < 1.29 is 9.84 Å². The molecule has 1 aromatic rings. The molecule has 1 fully saturated rings. The van der Waals surface area contributed by atoms with Crippen LogP contribution in [0.5, 0.6) is 5.75 Å². The predicted molar refractivity (Wildman–Crippen MR) is 65.0 cm³/mol. The number of hydrogen-bond donors (Lipinski definition) is 1. The lowest BCUT2D eigenvalue weighted by Crippen LogP contribution is -2.39. The summed E-state index contributed by atoms with van der Waals surface area (Å²) in [5, 5.41) is 10.5. The van der Waals surface area contributed by atoms with Gasteiger partial charge in [0.2, 0.25) is 0 Å². The molecule has 2 atom stereocenters. The molecule has 1 aliphatic rings. The molecule has 0 amide bonds. The third kappa shape index (κ3) is 1.92. The Morgan fingerprint density at radius 2 is 2.12 bits per heavy atom. The van der Waals surface area contributed by atoms with Crippen molar-refractivity contribution in [1.82, 2.24) is 0 Å². The molecule has 1 N–H and O–H groups in total. The van der Waals surface area contributed by atoms with E-state index >= 15 is 0 Å². The van der Waals surface area contributed by atoms with Gasteiger partial charge in [0.15, 0.2) is 0 Å². The molecule has 1 saturated carbocycles. The van der Waals surface area contributed by atoms with Crippen molar-refractivity contribution >= 4 is 11.6 Å². The third-order valence-corrected chi connectivity index (χ3v) is 3.94. The zero-order valence-corrected chi connectivity index (χ0v) is 10.2. The van der Waals surface area contributed by atoms with Gasteiger partial charge in [0.1, 0.15) is 11.4 Å². The first-order valence-corrected chi connectivity index (χ1v) is 6.12. The van der Waals surface area contributed by atoms with Crippen molar-refractivity contribution in [1.29, 1.82) is 0 Å². The highest BCUT2D eigenvalue weighted by Gasteiger charge is 2.41. The monoisotopic (exact) mass is 240 g/mol. The van der Waals surface area contributed by atoms with Gasteiger partial charge in [0.05, 0.1) is 12.5 Å². The molecule has 3 heteroatoms. The van der Waals surface area contributed by atoms with E-state index in [1.165, 1.54) is 0 Å². The van der Waals surface area contributed by atoms with Crippen LogP contribution in [-0.2, 0) is 5.60 Å². The molecule has 0 spiro atoms. The summed E-state index contributed by atoms with van der Waals surface area (Å²) >= 11 is 6.28. The summed E-state index contributed by atoms with van der Waals surface area (Å²) in [6.07, 6.45) is 3.67. The fourth-order valence-electron chi connectivity index (χ4n) is 2.42. The number of hydrogen-bond acceptors (Lipinski definition) is 2. The highest BCUT2D eigenvalue weighted by atomic mass is 35.5. The molecule has 16 heavy (non-hydrogen) atoms. The van der Waals surface area contributed by atoms with E-state index in [0.717, 1.165) is 30.6 Å². The van der Waals surface area contributed by atoms with Crippen LogP contribution in [0, 0.1) is 0 Å². The van der Waals surface area contributed by atoms with E-state index in [9.17, 15) is 5.11 Å². The molecule has 1 aliphatic carbocycles. The quantitative estimate of drug-likeness (QED) is 0.806. The first kappa shape index (κ1) is 11.7. The van der Waals surface area contributed by atoms with Crippen LogP contribution in [0.25, 0.3) is 0 Å². The maximum Gasteiger partial charge on any atom is 0.125 e. The van der Waals surface area contributed by atoms with Crippen LogP contribution < -0.4 is 4.74 Å². The van der Waals surface area contributed by atoms with Crippen LogP contribution >= 0.6 is 11.6 Å². The number of methoxy groups -OCH3 is 1. The largest absolute Gasteiger partial charge is 0.496 e. The summed E-state index contributed by atoms with van der Waals surface area (Å²) in [5.74, 6) is 0.720. The van der Waals surface area contributed by atoms with E-state index in [2.05, 4.69) is 0 Å². The van der Waals surface area contributed by atoms with Crippen molar-refractivity contribution in [3.63, 3.8) is 0 Å². The Balaban J connectivity index is 2.40. The number of rotatable bonds is 2. The molecule has 0 radical (unpaired) electrons. The smallest absolute Gasteiger partial charge is 0.125 e. The summed E-state index contributed by atoms with van der Waals surface area (Å²) in [6, 6.07) is 7.58. The number of benzene rings is 1. The molecule has 2 rings (SSSR count). The molecule has 2 nitrogen and oxygen atoms in total. The summed E-state index contributed by atoms with van der Waals surface area (Å²) in [6.45, 7) is 0. The van der Waals surface area contributed by atoms with E-state index in [1.54, 1.807) is 7.11 Å². The molecular weight excluding hydrogens is 224 g/mol. The van der Waals surface area contributed by atoms with Crippen LogP contribution in [0.2, 0.25) is 0 Å². The van der Waals surface area contributed by atoms with Crippen molar-refractivity contribution in [3.8, 4) is 5.75 Å². The van der Waals surface area contributed by atoms with Gasteiger partial charge in [-0.15, -0.1) is 11.6 Å². The second-order valence-corrected chi connectivity index (χ2v) is 4.86. The fraction of sp³-hybridized carbons (Fsp3) is 0.538. The standard InChI is InChI=1S/C13H17ClO2/c1-16-11-7-3-2-6-10(11)13(15)9-5-4-8-12(13)14/h2-3,6-7,12,15H,4-5,8-9H2,1H3/t12-,13+/m0/s1. The average molecular weight is 241 g/mol. The Hall–Kier alpha value is -0.730. The first-order chi connectivity index (χ1) is 7.68. The maximum atomic E-state index is 10.7. The van der Waals surface area contributed by atoms with Gasteiger partial charge in [-0.1, -0.05) is 31.0 Å². The summed E-state index contributed by atoms with van der Waals surface area (Å²) in [7, 11) is 1.62. The Morgan fingerprint density at radius 3 is 2.81 bits per heavy atom. The van der Waals surface area contributed by atoms with E-state index in [0.29, 0.717) is 6.42 Å². The van der Waals surface area contributed by atoms with Crippen LogP contribution in [0.4, 0.5) is 0 Å². The molecule has 0 bridgehead atoms. The Bertz CT molecular complexity index is 367. The average Bonchev–Trinajstić information content (AvgIpc) is 2.33. The Morgan fingerprint density at radius 1 is 1.38 bits per heavy atom. The highest BCUT2D eigenvalue weighted by Crippen LogP contribution is 2.43. The zero-order chi connectivity index (χ0) is 11.6. The molecule has 88 valence electrons. The van der Waals surface area contributed by atoms with Gasteiger partial charge >= 0.3 is 0 Å². The summed E-state index contributed by atoms with van der Waals surface area (Å²) in [4.78, 5) is 0. The number of alkyl halides is 1. The van der Waals surface area contributed by atoms with Crippen LogP contribution in [0.1, 0.15) is 31.2 Å². The number of ether oxygens (including phenoxy) is 1. The topological polar surface area (TPSA) is 29.5 Å². The zero-order valence-electron chi connectivity index (χ0n) is 9.45. The number of aliphatic hydroxyl groups is 1. The van der Waals surface area contributed by atoms with Gasteiger partial charge in [-0.25, -0.2) is 0 Å². The maximum absolute atomic E-state index is 10.7. The molecule has 0 saturated heterocycles. The van der Waals surface area contributed by atoms with Gasteiger partial charge in [0, 0.05) is 5.56 Å². The molecule has 1 aromatic carbocycles. The molecular formula is C13H17ClO2. The lowest BCUT2D eigenvalue weighted by Gasteiger charge is -2.37. The minimum absolute atomic E-state index is 0.224. The second kappa shape index (κ2) is 4.64. The summed E-state index contributed by atoms with van der Waals surface area (Å²) in [5.41, 5.74) is -0.121. The van der Waals surface area contributed by atoms with Gasteiger partial charge in [-0.2, -0.15) is 0 Å². The molecule has 0 aliphatic heterocycles. The van der Waals surface area contributed by atoms with Crippen LogP contribution in [0.15, 0.2) is 24.3 Å². The van der Waals surface area contributed by atoms with Gasteiger partial charge in [-0.05, 0) is 18.9 Å². The lowest BCUT2D eigenvalue weighted by molar-refractivity contribution is 0.00183. The van der Waals surface area contributed by atoms with Gasteiger partial charge in [-0.3, -0.25) is 0 Å². The number of para-hydroxylation sites is 1. The highest BCUT2D eigenvalue weighted by molar-refractivity contribution is 6.21. The lowest BCUT2D eigenvalue weighted by atomic mass is 9.79. The van der Waals surface area contributed by atoms with E-state index in [-0.39, 0.29) is 5.38 Å². The van der Waals surface area contributed by atoms with E-state index in [1.807, 2.05) is 24.3 Å². The normalized spacial score (nSPS) is 30.1. The second-order valence-electron chi connectivity index (χ2n) is 4.34. The van der Waals surface area contributed by atoms with Crippen molar-refractivity contribution in [2.45, 2.75) is 36.7 Å². The third-order valence-electron chi connectivity index (χ3n) is 3.36. The van der Waals surface area contributed by atoms with E-state index in [4.69, 9.17) is 16.3 Å². The SMILES string of the molecule is COc1ccccc1[C@]1(O)CCCC[C@@H]1Cl. The first-order valence-electron chi connectivity index (χ1n) is 5.68. The van der Waals surface area contributed by atoms with Crippen molar-refractivity contribution in [2.75, 3.05) is 7.11 Å². The van der Waals surface area contributed by atoms with Crippen molar-refractivity contribution in [3.05, 3.63) is 29.8 Å². The minimum Gasteiger partial charge on any atom is -0.496 e. The van der Waals surface area contributed by atoms with Gasteiger partial charge < -0.3 is 9.84 Å². The van der Waals surface area contributed by atoms with Crippen molar-refractivity contribution in [2.24, 2.45) is 0 Å². The Labute approximate surface area is 101 Å². The molecule has 0 aromatic heterocycles. The molecule has 0 heterocycles. The van der Waals surface area contributed by atoms with Crippen LogP contribution in [-0.4, -0.2) is 17.6 Å². The Kier molecular flexibility index (Phi) is 3.41. The fourth-order valence-corrected chi connectivity index (χ4v) is 2.80. The van der Waals surface area contributed by atoms with Gasteiger partial charge in [0.25, 0.3) is 0 Å². The summed E-state index contributed by atoms with van der Waals surface area (Å²) < 4.78 is 5.29. The van der Waals surface area contributed by atoms with E-state index < -0.39 is 5.60 Å². The van der Waals surface area contributed by atoms with Crippen LogP contribution in [0.3, 0.4) is 0 Å². The minimum atomic E-state index is -0.938.